The van der Waals surface area contributed by atoms with Crippen molar-refractivity contribution in [2.24, 2.45) is 0 Å². The van der Waals surface area contributed by atoms with Crippen molar-refractivity contribution in [1.82, 2.24) is 4.90 Å². The smallest absolute Gasteiger partial charge is 0.229 e. The van der Waals surface area contributed by atoms with Gasteiger partial charge >= 0.3 is 0 Å². The zero-order valence-electron chi connectivity index (χ0n) is 16.6. The van der Waals surface area contributed by atoms with Crippen molar-refractivity contribution in [2.45, 2.75) is 64.9 Å². The number of aliphatic hydroxyl groups is 1. The molecule has 0 saturated carbocycles. The predicted octanol–water partition coefficient (Wildman–Crippen LogP) is 4.16. The molecule has 0 aliphatic rings. The first-order chi connectivity index (χ1) is 12.4. The van der Waals surface area contributed by atoms with E-state index in [-0.39, 0.29) is 0 Å². The Balaban J connectivity index is 2.32. The van der Waals surface area contributed by atoms with Gasteiger partial charge in [-0.15, -0.1) is 0 Å². The molecular weight excluding hydrogens is 348 g/mol. The number of aliphatic hydroxyl groups excluding tert-OH is 1. The third-order valence-corrected chi connectivity index (χ3v) is 5.18. The highest BCUT2D eigenvalue weighted by Crippen LogP contribution is 2.21. The highest BCUT2D eigenvalue weighted by molar-refractivity contribution is 7.92. The molecular formula is C20H36N2O3S. The number of sulfonamides is 1. The minimum absolute atomic E-state index is 0.509. The second-order valence-corrected chi connectivity index (χ2v) is 8.75. The minimum atomic E-state index is -3.27. The molecule has 0 heterocycles. The second kappa shape index (κ2) is 12.3. The number of benzene rings is 1. The largest absolute Gasteiger partial charge is 0.388 e. The van der Waals surface area contributed by atoms with Crippen molar-refractivity contribution in [2.75, 3.05) is 30.6 Å². The molecule has 0 radical (unpaired) electrons. The van der Waals surface area contributed by atoms with E-state index in [0.29, 0.717) is 12.1 Å². The van der Waals surface area contributed by atoms with Crippen LogP contribution in [-0.4, -0.2) is 44.3 Å². The summed E-state index contributed by atoms with van der Waals surface area (Å²) in [5.41, 5.74) is 1.34. The monoisotopic (exact) mass is 384 g/mol. The van der Waals surface area contributed by atoms with Crippen LogP contribution in [0.25, 0.3) is 0 Å². The lowest BCUT2D eigenvalue weighted by atomic mass is 10.0. The Morgan fingerprint density at radius 2 is 1.62 bits per heavy atom. The number of anilines is 1. The van der Waals surface area contributed by atoms with Crippen LogP contribution in [0.4, 0.5) is 5.69 Å². The van der Waals surface area contributed by atoms with Gasteiger partial charge in [0, 0.05) is 5.69 Å². The lowest BCUT2D eigenvalue weighted by Crippen LogP contribution is -2.26. The van der Waals surface area contributed by atoms with E-state index >= 15 is 0 Å². The fourth-order valence-electron chi connectivity index (χ4n) is 3.03. The Kier molecular flexibility index (Phi) is 10.9. The predicted molar refractivity (Wildman–Crippen MR) is 110 cm³/mol. The summed E-state index contributed by atoms with van der Waals surface area (Å²) in [5.74, 6) is 0. The van der Waals surface area contributed by atoms with Gasteiger partial charge in [0.25, 0.3) is 0 Å². The van der Waals surface area contributed by atoms with Crippen LogP contribution in [0.3, 0.4) is 0 Å². The van der Waals surface area contributed by atoms with Crippen LogP contribution in [0, 0.1) is 0 Å². The molecule has 1 aromatic rings. The standard InChI is InChI=1S/C20H36N2O3S/c1-4-6-7-8-9-16-22(5-2)17-10-11-20(23)18-12-14-19(15-13-18)21-26(3,24)25/h12-15,20-21,23H,4-11,16-17H2,1-3H3/t20-/m0/s1. The molecule has 0 bridgehead atoms. The summed E-state index contributed by atoms with van der Waals surface area (Å²) in [4.78, 5) is 2.46. The van der Waals surface area contributed by atoms with Crippen molar-refractivity contribution in [3.8, 4) is 0 Å². The van der Waals surface area contributed by atoms with Gasteiger partial charge in [-0.1, -0.05) is 51.7 Å². The average Bonchev–Trinajstić information content (AvgIpc) is 2.59. The normalized spacial score (nSPS) is 13.1. The molecule has 5 nitrogen and oxygen atoms in total. The first-order valence-corrected chi connectivity index (χ1v) is 11.7. The highest BCUT2D eigenvalue weighted by atomic mass is 32.2. The fraction of sp³-hybridized carbons (Fsp3) is 0.700. The molecule has 0 fully saturated rings. The quantitative estimate of drug-likeness (QED) is 0.473. The molecule has 1 rings (SSSR count). The zero-order chi connectivity index (χ0) is 19.4. The van der Waals surface area contributed by atoms with E-state index in [1.165, 1.54) is 32.1 Å². The van der Waals surface area contributed by atoms with E-state index < -0.39 is 16.1 Å². The zero-order valence-corrected chi connectivity index (χ0v) is 17.4. The van der Waals surface area contributed by atoms with E-state index in [0.717, 1.165) is 37.9 Å². The molecule has 0 aliphatic heterocycles. The van der Waals surface area contributed by atoms with Crippen molar-refractivity contribution in [1.29, 1.82) is 0 Å². The van der Waals surface area contributed by atoms with E-state index in [2.05, 4.69) is 23.5 Å². The van der Waals surface area contributed by atoms with E-state index in [1.54, 1.807) is 24.3 Å². The summed E-state index contributed by atoms with van der Waals surface area (Å²) in [7, 11) is -3.27. The molecule has 0 amide bonds. The van der Waals surface area contributed by atoms with Gasteiger partial charge < -0.3 is 10.0 Å². The maximum atomic E-state index is 11.2. The van der Waals surface area contributed by atoms with E-state index in [9.17, 15) is 13.5 Å². The summed E-state index contributed by atoms with van der Waals surface area (Å²) >= 11 is 0. The lowest BCUT2D eigenvalue weighted by molar-refractivity contribution is 0.155. The van der Waals surface area contributed by atoms with Crippen LogP contribution in [-0.2, 0) is 10.0 Å². The summed E-state index contributed by atoms with van der Waals surface area (Å²) < 4.78 is 24.9. The van der Waals surface area contributed by atoms with E-state index in [4.69, 9.17) is 0 Å². The van der Waals surface area contributed by atoms with Crippen molar-refractivity contribution >= 4 is 15.7 Å². The summed E-state index contributed by atoms with van der Waals surface area (Å²) in [6, 6.07) is 6.94. The van der Waals surface area contributed by atoms with Gasteiger partial charge in [-0.2, -0.15) is 0 Å². The highest BCUT2D eigenvalue weighted by Gasteiger charge is 2.10. The van der Waals surface area contributed by atoms with Crippen molar-refractivity contribution < 1.29 is 13.5 Å². The van der Waals surface area contributed by atoms with Gasteiger partial charge in [0.15, 0.2) is 0 Å². The summed E-state index contributed by atoms with van der Waals surface area (Å²) in [5, 5.41) is 10.3. The van der Waals surface area contributed by atoms with Crippen LogP contribution >= 0.6 is 0 Å². The van der Waals surface area contributed by atoms with Gasteiger partial charge in [0.1, 0.15) is 0 Å². The third kappa shape index (κ3) is 10.1. The number of hydrogen-bond donors (Lipinski definition) is 2. The van der Waals surface area contributed by atoms with Crippen LogP contribution in [0.2, 0.25) is 0 Å². The molecule has 0 aromatic heterocycles. The van der Waals surface area contributed by atoms with Gasteiger partial charge in [-0.05, 0) is 56.6 Å². The molecule has 150 valence electrons. The van der Waals surface area contributed by atoms with Crippen LogP contribution in [0.5, 0.6) is 0 Å². The average molecular weight is 385 g/mol. The number of nitrogens with one attached hydrogen (secondary N) is 1. The minimum Gasteiger partial charge on any atom is -0.388 e. The Hall–Kier alpha value is -1.11. The maximum Gasteiger partial charge on any atom is 0.229 e. The molecule has 0 spiro atoms. The van der Waals surface area contributed by atoms with Gasteiger partial charge in [-0.25, -0.2) is 8.42 Å². The van der Waals surface area contributed by atoms with Gasteiger partial charge in [0.2, 0.25) is 10.0 Å². The molecule has 1 atom stereocenters. The van der Waals surface area contributed by atoms with Crippen molar-refractivity contribution in [3.63, 3.8) is 0 Å². The van der Waals surface area contributed by atoms with Gasteiger partial charge in [-0.3, -0.25) is 4.72 Å². The van der Waals surface area contributed by atoms with Crippen LogP contribution in [0.15, 0.2) is 24.3 Å². The SMILES string of the molecule is CCCCCCCN(CC)CCC[C@H](O)c1ccc(NS(C)(=O)=O)cc1. The molecule has 6 heteroatoms. The topological polar surface area (TPSA) is 69.6 Å². The van der Waals surface area contributed by atoms with E-state index in [1.807, 2.05) is 0 Å². The van der Waals surface area contributed by atoms with Gasteiger partial charge in [0.05, 0.1) is 12.4 Å². The Morgan fingerprint density at radius 1 is 1.00 bits per heavy atom. The maximum absolute atomic E-state index is 11.2. The lowest BCUT2D eigenvalue weighted by Gasteiger charge is -2.21. The summed E-state index contributed by atoms with van der Waals surface area (Å²) in [6.45, 7) is 7.63. The molecule has 1 aromatic carbocycles. The Morgan fingerprint density at radius 3 is 2.19 bits per heavy atom. The molecule has 0 unspecified atom stereocenters. The number of unbranched alkanes of at least 4 members (excludes halogenated alkanes) is 4. The Bertz CT molecular complexity index is 588. The molecule has 0 saturated heterocycles. The fourth-order valence-corrected chi connectivity index (χ4v) is 3.59. The molecule has 2 N–H and O–H groups in total. The third-order valence-electron chi connectivity index (χ3n) is 4.58. The Labute approximate surface area is 159 Å². The van der Waals surface area contributed by atoms with Crippen molar-refractivity contribution in [3.05, 3.63) is 29.8 Å². The molecule has 26 heavy (non-hydrogen) atoms. The summed E-state index contributed by atoms with van der Waals surface area (Å²) in [6.07, 6.45) is 8.78. The first-order valence-electron chi connectivity index (χ1n) is 9.84. The van der Waals surface area contributed by atoms with Crippen LogP contribution < -0.4 is 4.72 Å². The molecule has 0 aliphatic carbocycles. The second-order valence-electron chi connectivity index (χ2n) is 7.00. The van der Waals surface area contributed by atoms with Crippen LogP contribution in [0.1, 0.15) is 70.5 Å². The first kappa shape index (κ1) is 22.9. The number of hydrogen-bond acceptors (Lipinski definition) is 4. The number of nitrogens with zero attached hydrogens (tertiary/aromatic N) is 1. The number of rotatable bonds is 14.